The summed E-state index contributed by atoms with van der Waals surface area (Å²) in [5, 5.41) is 8.41. The third-order valence-electron chi connectivity index (χ3n) is 1.85. The van der Waals surface area contributed by atoms with Crippen LogP contribution in [-0.2, 0) is 14.3 Å². The predicted octanol–water partition coefficient (Wildman–Crippen LogP) is 0.413. The topological polar surface area (TPSA) is 63.6 Å². The zero-order valence-electron chi connectivity index (χ0n) is 6.24. The summed E-state index contributed by atoms with van der Waals surface area (Å²) in [7, 11) is 0. The maximum atomic E-state index is 10.6. The van der Waals surface area contributed by atoms with Gasteiger partial charge < -0.3 is 9.84 Å². The first-order valence-corrected chi connectivity index (χ1v) is 3.51. The van der Waals surface area contributed by atoms with E-state index in [1.54, 1.807) is 6.92 Å². The van der Waals surface area contributed by atoms with Crippen LogP contribution in [0.15, 0.2) is 0 Å². The van der Waals surface area contributed by atoms with Crippen molar-refractivity contribution in [3.8, 4) is 0 Å². The summed E-state index contributed by atoms with van der Waals surface area (Å²) in [5.74, 6) is -1.30. The first kappa shape index (κ1) is 8.04. The summed E-state index contributed by atoms with van der Waals surface area (Å²) in [5.41, 5.74) is 0. The minimum Gasteiger partial charge on any atom is -0.481 e. The summed E-state index contributed by atoms with van der Waals surface area (Å²) < 4.78 is 4.77. The predicted molar refractivity (Wildman–Crippen MR) is 35.9 cm³/mol. The monoisotopic (exact) mass is 158 g/mol. The van der Waals surface area contributed by atoms with Crippen molar-refractivity contribution in [3.63, 3.8) is 0 Å². The first-order chi connectivity index (χ1) is 5.09. The van der Waals surface area contributed by atoms with Crippen LogP contribution in [0.5, 0.6) is 0 Å². The van der Waals surface area contributed by atoms with Gasteiger partial charge in [0.25, 0.3) is 0 Å². The molecule has 1 heterocycles. The van der Waals surface area contributed by atoms with Crippen LogP contribution < -0.4 is 0 Å². The number of ether oxygens (including phenoxy) is 1. The lowest BCUT2D eigenvalue weighted by Crippen LogP contribution is -2.15. The lowest BCUT2D eigenvalue weighted by molar-refractivity contribution is -0.142. The maximum absolute atomic E-state index is 10.6. The Morgan fingerprint density at radius 3 is 2.82 bits per heavy atom. The van der Waals surface area contributed by atoms with Crippen LogP contribution in [0.1, 0.15) is 19.8 Å². The van der Waals surface area contributed by atoms with Crippen LogP contribution in [0.4, 0.5) is 0 Å². The van der Waals surface area contributed by atoms with Gasteiger partial charge in [-0.3, -0.25) is 9.59 Å². The van der Waals surface area contributed by atoms with Gasteiger partial charge >= 0.3 is 11.9 Å². The van der Waals surface area contributed by atoms with Gasteiger partial charge in [-0.1, -0.05) is 0 Å². The summed E-state index contributed by atoms with van der Waals surface area (Å²) in [4.78, 5) is 20.9. The standard InChI is InChI=1S/C7H10O4/c1-4-5(2-6(8)9)3-7(10)11-4/h4-5H,2-3H2,1H3,(H,8,9). The van der Waals surface area contributed by atoms with Crippen molar-refractivity contribution in [2.75, 3.05) is 0 Å². The number of rotatable bonds is 2. The molecule has 0 spiro atoms. The van der Waals surface area contributed by atoms with Crippen molar-refractivity contribution in [3.05, 3.63) is 0 Å². The quantitative estimate of drug-likeness (QED) is 0.591. The van der Waals surface area contributed by atoms with Crippen molar-refractivity contribution in [2.45, 2.75) is 25.9 Å². The van der Waals surface area contributed by atoms with Crippen LogP contribution in [0.2, 0.25) is 0 Å². The molecule has 0 aromatic rings. The largest absolute Gasteiger partial charge is 0.481 e. The SMILES string of the molecule is CC1OC(=O)CC1CC(=O)O. The molecule has 1 saturated heterocycles. The molecule has 0 saturated carbocycles. The van der Waals surface area contributed by atoms with Crippen molar-refractivity contribution < 1.29 is 19.4 Å². The van der Waals surface area contributed by atoms with Crippen LogP contribution >= 0.6 is 0 Å². The van der Waals surface area contributed by atoms with Gasteiger partial charge in [0.1, 0.15) is 6.10 Å². The van der Waals surface area contributed by atoms with E-state index in [2.05, 4.69) is 0 Å². The van der Waals surface area contributed by atoms with Crippen LogP contribution in [0.3, 0.4) is 0 Å². The fraction of sp³-hybridized carbons (Fsp3) is 0.714. The van der Waals surface area contributed by atoms with Gasteiger partial charge in [0.2, 0.25) is 0 Å². The van der Waals surface area contributed by atoms with E-state index >= 15 is 0 Å². The van der Waals surface area contributed by atoms with E-state index in [1.807, 2.05) is 0 Å². The molecule has 11 heavy (non-hydrogen) atoms. The zero-order valence-corrected chi connectivity index (χ0v) is 6.24. The van der Waals surface area contributed by atoms with Crippen molar-refractivity contribution in [2.24, 2.45) is 5.92 Å². The number of esters is 1. The molecule has 0 bridgehead atoms. The fourth-order valence-electron chi connectivity index (χ4n) is 1.19. The highest BCUT2D eigenvalue weighted by Crippen LogP contribution is 2.24. The van der Waals surface area contributed by atoms with E-state index in [-0.39, 0.29) is 30.8 Å². The van der Waals surface area contributed by atoms with Crippen molar-refractivity contribution in [1.82, 2.24) is 0 Å². The number of aliphatic carboxylic acids is 1. The lowest BCUT2D eigenvalue weighted by Gasteiger charge is -2.08. The number of hydrogen-bond donors (Lipinski definition) is 1. The highest BCUT2D eigenvalue weighted by Gasteiger charge is 2.32. The van der Waals surface area contributed by atoms with Gasteiger partial charge in [-0.2, -0.15) is 0 Å². The molecule has 1 aliphatic rings. The Bertz CT molecular complexity index is 187. The average molecular weight is 158 g/mol. The van der Waals surface area contributed by atoms with Gasteiger partial charge in [-0.15, -0.1) is 0 Å². The summed E-state index contributed by atoms with van der Waals surface area (Å²) >= 11 is 0. The van der Waals surface area contributed by atoms with Gasteiger partial charge in [-0.25, -0.2) is 0 Å². The fourth-order valence-corrected chi connectivity index (χ4v) is 1.19. The van der Waals surface area contributed by atoms with Crippen LogP contribution in [-0.4, -0.2) is 23.1 Å². The van der Waals surface area contributed by atoms with Crippen molar-refractivity contribution >= 4 is 11.9 Å². The molecule has 0 radical (unpaired) electrons. The molecule has 1 aliphatic heterocycles. The number of carbonyl (C=O) groups excluding carboxylic acids is 1. The van der Waals surface area contributed by atoms with E-state index < -0.39 is 5.97 Å². The maximum Gasteiger partial charge on any atom is 0.306 e. The van der Waals surface area contributed by atoms with E-state index in [0.29, 0.717) is 0 Å². The highest BCUT2D eigenvalue weighted by molar-refractivity contribution is 5.74. The van der Waals surface area contributed by atoms with Gasteiger partial charge in [0, 0.05) is 5.92 Å². The van der Waals surface area contributed by atoms with Crippen molar-refractivity contribution in [1.29, 1.82) is 0 Å². The number of hydrogen-bond acceptors (Lipinski definition) is 3. The molecular weight excluding hydrogens is 148 g/mol. The lowest BCUT2D eigenvalue weighted by atomic mass is 9.99. The minimum atomic E-state index is -0.875. The van der Waals surface area contributed by atoms with Gasteiger partial charge in [0.05, 0.1) is 12.8 Å². The molecule has 2 unspecified atom stereocenters. The first-order valence-electron chi connectivity index (χ1n) is 3.51. The second kappa shape index (κ2) is 2.90. The minimum absolute atomic E-state index is 0.0207. The smallest absolute Gasteiger partial charge is 0.306 e. The molecular formula is C7H10O4. The molecule has 1 rings (SSSR count). The van der Waals surface area contributed by atoms with E-state index in [4.69, 9.17) is 9.84 Å². The third kappa shape index (κ3) is 1.93. The third-order valence-corrected chi connectivity index (χ3v) is 1.85. The molecule has 0 aromatic heterocycles. The molecule has 4 heteroatoms. The van der Waals surface area contributed by atoms with Crippen LogP contribution in [0, 0.1) is 5.92 Å². The van der Waals surface area contributed by atoms with Gasteiger partial charge in [-0.05, 0) is 6.92 Å². The highest BCUT2D eigenvalue weighted by atomic mass is 16.5. The Balaban J connectivity index is 2.46. The average Bonchev–Trinajstić information content (AvgIpc) is 2.09. The Kier molecular flexibility index (Phi) is 2.12. The van der Waals surface area contributed by atoms with E-state index in [1.165, 1.54) is 0 Å². The molecule has 0 aromatic carbocycles. The van der Waals surface area contributed by atoms with Gasteiger partial charge in [0.15, 0.2) is 0 Å². The number of carboxylic acids is 1. The van der Waals surface area contributed by atoms with E-state index in [0.717, 1.165) is 0 Å². The Morgan fingerprint density at radius 2 is 2.45 bits per heavy atom. The van der Waals surface area contributed by atoms with Crippen LogP contribution in [0.25, 0.3) is 0 Å². The summed E-state index contributed by atoms with van der Waals surface area (Å²) in [6.45, 7) is 1.72. The zero-order chi connectivity index (χ0) is 8.43. The molecule has 0 amide bonds. The molecule has 1 N–H and O–H groups in total. The molecule has 4 nitrogen and oxygen atoms in total. The number of carbonyl (C=O) groups is 2. The second-order valence-corrected chi connectivity index (χ2v) is 2.76. The molecule has 1 fully saturated rings. The number of carboxylic acid groups (broad SMARTS) is 1. The molecule has 0 aliphatic carbocycles. The Hall–Kier alpha value is -1.06. The summed E-state index contributed by atoms with van der Waals surface area (Å²) in [6, 6.07) is 0. The Labute approximate surface area is 64.2 Å². The Morgan fingerprint density at radius 1 is 1.82 bits per heavy atom. The molecule has 62 valence electrons. The molecule has 2 atom stereocenters. The second-order valence-electron chi connectivity index (χ2n) is 2.76. The van der Waals surface area contributed by atoms with E-state index in [9.17, 15) is 9.59 Å². The summed E-state index contributed by atoms with van der Waals surface area (Å²) in [6.07, 6.45) is 0.0269. The number of cyclic esters (lactones) is 1. The normalized spacial score (nSPS) is 30.1.